The van der Waals surface area contributed by atoms with Gasteiger partial charge in [-0.05, 0) is 24.6 Å². The zero-order chi connectivity index (χ0) is 9.84. The first-order valence-corrected chi connectivity index (χ1v) is 4.29. The van der Waals surface area contributed by atoms with Gasteiger partial charge < -0.3 is 10.5 Å². The summed E-state index contributed by atoms with van der Waals surface area (Å²) >= 11 is 5.77. The summed E-state index contributed by atoms with van der Waals surface area (Å²) in [7, 11) is 0. The molecule has 0 unspecified atom stereocenters. The smallest absolute Gasteiger partial charge is 0.144 e. The molecule has 0 fully saturated rings. The molecule has 1 aromatic rings. The molecule has 0 aliphatic carbocycles. The van der Waals surface area contributed by atoms with E-state index in [0.717, 1.165) is 5.57 Å². The first-order chi connectivity index (χ1) is 6.09. The summed E-state index contributed by atoms with van der Waals surface area (Å²) in [6.45, 7) is 6.08. The van der Waals surface area contributed by atoms with Crippen molar-refractivity contribution < 1.29 is 4.74 Å². The zero-order valence-corrected chi connectivity index (χ0v) is 8.27. The highest BCUT2D eigenvalue weighted by Gasteiger charge is 2.00. The van der Waals surface area contributed by atoms with Crippen molar-refractivity contribution in [2.45, 2.75) is 6.92 Å². The molecule has 0 aliphatic heterocycles. The number of rotatable bonds is 3. The van der Waals surface area contributed by atoms with Gasteiger partial charge in [0, 0.05) is 11.1 Å². The highest BCUT2D eigenvalue weighted by Crippen LogP contribution is 2.25. The highest BCUT2D eigenvalue weighted by molar-refractivity contribution is 6.30. The zero-order valence-electron chi connectivity index (χ0n) is 7.51. The van der Waals surface area contributed by atoms with E-state index in [0.29, 0.717) is 23.1 Å². The number of anilines is 1. The summed E-state index contributed by atoms with van der Waals surface area (Å²) in [6, 6.07) is 5.14. The maximum Gasteiger partial charge on any atom is 0.144 e. The number of hydrogen-bond acceptors (Lipinski definition) is 2. The molecule has 0 radical (unpaired) electrons. The average molecular weight is 198 g/mol. The van der Waals surface area contributed by atoms with Crippen molar-refractivity contribution in [1.82, 2.24) is 0 Å². The normalized spacial score (nSPS) is 9.69. The first kappa shape index (κ1) is 9.93. The van der Waals surface area contributed by atoms with Crippen LogP contribution >= 0.6 is 11.6 Å². The fourth-order valence-corrected chi connectivity index (χ4v) is 0.996. The van der Waals surface area contributed by atoms with Crippen LogP contribution < -0.4 is 10.5 Å². The third-order valence-corrected chi connectivity index (χ3v) is 1.68. The maximum atomic E-state index is 5.77. The minimum atomic E-state index is 0.463. The molecule has 0 saturated heterocycles. The molecule has 2 N–H and O–H groups in total. The summed E-state index contributed by atoms with van der Waals surface area (Å²) in [6.07, 6.45) is 0. The van der Waals surface area contributed by atoms with Crippen molar-refractivity contribution in [2.24, 2.45) is 0 Å². The van der Waals surface area contributed by atoms with Gasteiger partial charge in [-0.25, -0.2) is 0 Å². The lowest BCUT2D eigenvalue weighted by Gasteiger charge is -2.08. The predicted octanol–water partition coefficient (Wildman–Crippen LogP) is 2.88. The van der Waals surface area contributed by atoms with Gasteiger partial charge in [-0.1, -0.05) is 18.2 Å². The van der Waals surface area contributed by atoms with Crippen LogP contribution in [0.4, 0.5) is 5.69 Å². The monoisotopic (exact) mass is 197 g/mol. The van der Waals surface area contributed by atoms with Gasteiger partial charge in [0.15, 0.2) is 0 Å². The third kappa shape index (κ3) is 2.99. The van der Waals surface area contributed by atoms with E-state index in [9.17, 15) is 0 Å². The van der Waals surface area contributed by atoms with Crippen LogP contribution in [0.15, 0.2) is 30.4 Å². The van der Waals surface area contributed by atoms with E-state index in [1.807, 2.05) is 6.92 Å². The van der Waals surface area contributed by atoms with E-state index in [1.165, 1.54) is 0 Å². The van der Waals surface area contributed by atoms with Crippen LogP contribution in [0.5, 0.6) is 5.75 Å². The number of halogens is 1. The molecule has 2 nitrogen and oxygen atoms in total. The Morgan fingerprint density at radius 3 is 2.92 bits per heavy atom. The van der Waals surface area contributed by atoms with Crippen molar-refractivity contribution in [2.75, 3.05) is 12.3 Å². The van der Waals surface area contributed by atoms with Gasteiger partial charge in [0.25, 0.3) is 0 Å². The van der Waals surface area contributed by atoms with Gasteiger partial charge in [0.05, 0.1) is 5.69 Å². The molecule has 0 aromatic heterocycles. The quantitative estimate of drug-likeness (QED) is 0.598. The molecule has 13 heavy (non-hydrogen) atoms. The minimum Gasteiger partial charge on any atom is -0.487 e. The Kier molecular flexibility index (Phi) is 3.20. The number of hydrogen-bond donors (Lipinski definition) is 1. The topological polar surface area (TPSA) is 35.2 Å². The summed E-state index contributed by atoms with van der Waals surface area (Å²) in [5.74, 6) is 0.607. The lowest BCUT2D eigenvalue weighted by Crippen LogP contribution is -2.00. The second kappa shape index (κ2) is 4.19. The van der Waals surface area contributed by atoms with Crippen molar-refractivity contribution in [3.8, 4) is 5.75 Å². The van der Waals surface area contributed by atoms with Crippen LogP contribution in [0.2, 0.25) is 5.02 Å². The molecule has 0 saturated carbocycles. The van der Waals surface area contributed by atoms with Gasteiger partial charge >= 0.3 is 0 Å². The summed E-state index contributed by atoms with van der Waals surface area (Å²) in [5.41, 5.74) is 7.19. The second-order valence-corrected chi connectivity index (χ2v) is 3.36. The Bertz CT molecular complexity index is 323. The van der Waals surface area contributed by atoms with E-state index < -0.39 is 0 Å². The lowest BCUT2D eigenvalue weighted by molar-refractivity contribution is 0.354. The number of nitrogens with two attached hydrogens (primary N) is 1. The van der Waals surface area contributed by atoms with Gasteiger partial charge in [0.2, 0.25) is 0 Å². The average Bonchev–Trinajstić information content (AvgIpc) is 2.06. The van der Waals surface area contributed by atoms with Crippen LogP contribution in [-0.4, -0.2) is 6.61 Å². The van der Waals surface area contributed by atoms with Crippen LogP contribution in [0.25, 0.3) is 0 Å². The Labute approximate surface area is 83.0 Å². The molecule has 0 heterocycles. The van der Waals surface area contributed by atoms with Crippen LogP contribution in [-0.2, 0) is 0 Å². The Hall–Kier alpha value is -1.15. The van der Waals surface area contributed by atoms with E-state index >= 15 is 0 Å². The third-order valence-electron chi connectivity index (χ3n) is 1.45. The van der Waals surface area contributed by atoms with Crippen molar-refractivity contribution in [3.05, 3.63) is 35.4 Å². The van der Waals surface area contributed by atoms with Gasteiger partial charge in [-0.3, -0.25) is 0 Å². The van der Waals surface area contributed by atoms with E-state index in [2.05, 4.69) is 6.58 Å². The van der Waals surface area contributed by atoms with Crippen LogP contribution in [0.3, 0.4) is 0 Å². The number of nitrogen functional groups attached to an aromatic ring is 1. The molecule has 3 heteroatoms. The minimum absolute atomic E-state index is 0.463. The Balaban J connectivity index is 2.75. The molecular formula is C10H12ClNO. The highest BCUT2D eigenvalue weighted by atomic mass is 35.5. The summed E-state index contributed by atoms with van der Waals surface area (Å²) < 4.78 is 5.37. The summed E-state index contributed by atoms with van der Waals surface area (Å²) in [4.78, 5) is 0. The summed E-state index contributed by atoms with van der Waals surface area (Å²) in [5, 5.41) is 0.617. The van der Waals surface area contributed by atoms with E-state index in [-0.39, 0.29) is 0 Å². The largest absolute Gasteiger partial charge is 0.487 e. The Morgan fingerprint density at radius 2 is 2.31 bits per heavy atom. The fourth-order valence-electron chi connectivity index (χ4n) is 0.834. The molecule has 1 aromatic carbocycles. The number of benzene rings is 1. The standard InChI is InChI=1S/C10H12ClNO/c1-7(2)6-13-10-5-8(11)3-4-9(10)12/h3-5H,1,6,12H2,2H3. The van der Waals surface area contributed by atoms with Gasteiger partial charge in [-0.15, -0.1) is 0 Å². The lowest BCUT2D eigenvalue weighted by atomic mass is 10.3. The Morgan fingerprint density at radius 1 is 1.62 bits per heavy atom. The molecule has 0 aliphatic rings. The van der Waals surface area contributed by atoms with Crippen molar-refractivity contribution in [3.63, 3.8) is 0 Å². The van der Waals surface area contributed by atoms with Crippen molar-refractivity contribution >= 4 is 17.3 Å². The SMILES string of the molecule is C=C(C)COc1cc(Cl)ccc1N. The van der Waals surface area contributed by atoms with Crippen LogP contribution in [0, 0.1) is 0 Å². The van der Waals surface area contributed by atoms with E-state index in [1.54, 1.807) is 18.2 Å². The van der Waals surface area contributed by atoms with Gasteiger partial charge in [0.1, 0.15) is 12.4 Å². The molecule has 70 valence electrons. The molecule has 0 bridgehead atoms. The molecule has 1 rings (SSSR count). The maximum absolute atomic E-state index is 5.77. The molecule has 0 atom stereocenters. The molecule has 0 amide bonds. The predicted molar refractivity (Wildman–Crippen MR) is 56.2 cm³/mol. The van der Waals surface area contributed by atoms with E-state index in [4.69, 9.17) is 22.1 Å². The van der Waals surface area contributed by atoms with Crippen molar-refractivity contribution in [1.29, 1.82) is 0 Å². The first-order valence-electron chi connectivity index (χ1n) is 3.92. The van der Waals surface area contributed by atoms with Crippen LogP contribution in [0.1, 0.15) is 6.92 Å². The molecule has 0 spiro atoms. The second-order valence-electron chi connectivity index (χ2n) is 2.93. The fraction of sp³-hybridized carbons (Fsp3) is 0.200. The number of ether oxygens (including phenoxy) is 1. The van der Waals surface area contributed by atoms with Gasteiger partial charge in [-0.2, -0.15) is 0 Å². The molecular weight excluding hydrogens is 186 g/mol.